The minimum Gasteiger partial charge on any atom is -0.356 e. The van der Waals surface area contributed by atoms with Crippen molar-refractivity contribution < 1.29 is 9.59 Å². The maximum absolute atomic E-state index is 11.3. The van der Waals surface area contributed by atoms with Crippen molar-refractivity contribution in [3.63, 3.8) is 0 Å². The first-order valence-electron chi connectivity index (χ1n) is 7.33. The Hall–Kier alpha value is -1.06. The standard InChI is InChI=1S/C14H24N2O2/c17-13(11-5-6-11)15-9-3-1-2-4-10-16-14(18)12-7-8-12/h11-12H,1-10H2,(H,15,17)(H,16,18). The monoisotopic (exact) mass is 252 g/mol. The van der Waals surface area contributed by atoms with E-state index >= 15 is 0 Å². The summed E-state index contributed by atoms with van der Waals surface area (Å²) in [6.45, 7) is 1.62. The molecule has 4 heteroatoms. The summed E-state index contributed by atoms with van der Waals surface area (Å²) in [4.78, 5) is 22.7. The zero-order valence-electron chi connectivity index (χ0n) is 11.0. The normalized spacial score (nSPS) is 18.4. The lowest BCUT2D eigenvalue weighted by Crippen LogP contribution is -2.26. The van der Waals surface area contributed by atoms with E-state index in [2.05, 4.69) is 10.6 Å². The molecular formula is C14H24N2O2. The van der Waals surface area contributed by atoms with Gasteiger partial charge in [0, 0.05) is 24.9 Å². The Kier molecular flexibility index (Phi) is 5.02. The molecule has 0 aromatic carbocycles. The number of amides is 2. The fourth-order valence-electron chi connectivity index (χ4n) is 2.01. The summed E-state index contributed by atoms with van der Waals surface area (Å²) >= 11 is 0. The number of hydrogen-bond donors (Lipinski definition) is 2. The third-order valence-electron chi connectivity index (χ3n) is 3.60. The summed E-state index contributed by atoms with van der Waals surface area (Å²) in [5, 5.41) is 5.94. The molecule has 2 N–H and O–H groups in total. The Morgan fingerprint density at radius 3 is 1.44 bits per heavy atom. The SMILES string of the molecule is O=C(NCCCCCCNC(=O)C1CC1)C1CC1. The van der Waals surface area contributed by atoms with Gasteiger partial charge in [-0.3, -0.25) is 9.59 Å². The van der Waals surface area contributed by atoms with Crippen LogP contribution >= 0.6 is 0 Å². The highest BCUT2D eigenvalue weighted by Gasteiger charge is 2.29. The number of nitrogens with one attached hydrogen (secondary N) is 2. The molecule has 2 saturated carbocycles. The van der Waals surface area contributed by atoms with Gasteiger partial charge in [-0.05, 0) is 38.5 Å². The summed E-state index contributed by atoms with van der Waals surface area (Å²) in [6.07, 6.45) is 8.66. The number of unbranched alkanes of at least 4 members (excludes halogenated alkanes) is 3. The van der Waals surface area contributed by atoms with E-state index < -0.39 is 0 Å². The summed E-state index contributed by atoms with van der Waals surface area (Å²) in [6, 6.07) is 0. The van der Waals surface area contributed by atoms with Crippen molar-refractivity contribution >= 4 is 11.8 Å². The highest BCUT2D eigenvalue weighted by molar-refractivity contribution is 5.81. The summed E-state index contributed by atoms with van der Waals surface area (Å²) in [7, 11) is 0. The largest absolute Gasteiger partial charge is 0.356 e. The van der Waals surface area contributed by atoms with E-state index in [4.69, 9.17) is 0 Å². The second-order valence-corrected chi connectivity index (χ2v) is 5.54. The molecule has 2 aliphatic carbocycles. The molecule has 0 spiro atoms. The van der Waals surface area contributed by atoms with Crippen molar-refractivity contribution in [2.75, 3.05) is 13.1 Å². The van der Waals surface area contributed by atoms with Crippen LogP contribution in [0.2, 0.25) is 0 Å². The first kappa shape index (κ1) is 13.4. The van der Waals surface area contributed by atoms with Crippen molar-refractivity contribution in [3.05, 3.63) is 0 Å². The summed E-state index contributed by atoms with van der Waals surface area (Å²) in [5.74, 6) is 1.13. The van der Waals surface area contributed by atoms with Crippen LogP contribution < -0.4 is 10.6 Å². The van der Waals surface area contributed by atoms with E-state index in [-0.39, 0.29) is 11.8 Å². The van der Waals surface area contributed by atoms with Gasteiger partial charge in [-0.2, -0.15) is 0 Å². The number of hydrogen-bond acceptors (Lipinski definition) is 2. The second kappa shape index (κ2) is 6.76. The second-order valence-electron chi connectivity index (χ2n) is 5.54. The van der Waals surface area contributed by atoms with Crippen LogP contribution in [0.3, 0.4) is 0 Å². The van der Waals surface area contributed by atoms with Gasteiger partial charge in [0.25, 0.3) is 0 Å². The van der Waals surface area contributed by atoms with Crippen molar-refractivity contribution in [1.29, 1.82) is 0 Å². The quantitative estimate of drug-likeness (QED) is 0.612. The van der Waals surface area contributed by atoms with E-state index in [1.165, 1.54) is 0 Å². The smallest absolute Gasteiger partial charge is 0.223 e. The Morgan fingerprint density at radius 1 is 0.722 bits per heavy atom. The molecule has 0 heterocycles. The lowest BCUT2D eigenvalue weighted by atomic mass is 10.2. The Balaban J connectivity index is 1.32. The number of carbonyl (C=O) groups is 2. The lowest BCUT2D eigenvalue weighted by molar-refractivity contribution is -0.123. The molecule has 0 aliphatic heterocycles. The predicted octanol–water partition coefficient (Wildman–Crippen LogP) is 1.60. The summed E-state index contributed by atoms with van der Waals surface area (Å²) in [5.41, 5.74) is 0. The first-order valence-corrected chi connectivity index (χ1v) is 7.33. The maximum atomic E-state index is 11.3. The first-order chi connectivity index (χ1) is 8.77. The van der Waals surface area contributed by atoms with Gasteiger partial charge in [0.15, 0.2) is 0 Å². The van der Waals surface area contributed by atoms with E-state index in [0.29, 0.717) is 11.8 Å². The van der Waals surface area contributed by atoms with Crippen molar-refractivity contribution in [2.45, 2.75) is 51.4 Å². The molecule has 2 rings (SSSR count). The fourth-order valence-corrected chi connectivity index (χ4v) is 2.01. The molecule has 18 heavy (non-hydrogen) atoms. The molecule has 0 bridgehead atoms. The molecule has 4 nitrogen and oxygen atoms in total. The molecule has 0 aromatic rings. The van der Waals surface area contributed by atoms with Gasteiger partial charge in [0.2, 0.25) is 11.8 Å². The third kappa shape index (κ3) is 5.07. The highest BCUT2D eigenvalue weighted by Crippen LogP contribution is 2.29. The minimum absolute atomic E-state index is 0.242. The van der Waals surface area contributed by atoms with Gasteiger partial charge in [-0.1, -0.05) is 12.8 Å². The maximum Gasteiger partial charge on any atom is 0.223 e. The zero-order valence-corrected chi connectivity index (χ0v) is 11.0. The van der Waals surface area contributed by atoms with Crippen molar-refractivity contribution in [3.8, 4) is 0 Å². The molecule has 2 fully saturated rings. The van der Waals surface area contributed by atoms with Crippen LogP contribution in [0.4, 0.5) is 0 Å². The predicted molar refractivity (Wildman–Crippen MR) is 69.9 cm³/mol. The van der Waals surface area contributed by atoms with Gasteiger partial charge in [0.05, 0.1) is 0 Å². The van der Waals surface area contributed by atoms with Gasteiger partial charge in [-0.15, -0.1) is 0 Å². The van der Waals surface area contributed by atoms with E-state index in [0.717, 1.165) is 64.5 Å². The molecule has 0 aromatic heterocycles. The zero-order chi connectivity index (χ0) is 12.8. The van der Waals surface area contributed by atoms with Gasteiger partial charge in [-0.25, -0.2) is 0 Å². The number of carbonyl (C=O) groups excluding carboxylic acids is 2. The third-order valence-corrected chi connectivity index (χ3v) is 3.60. The van der Waals surface area contributed by atoms with Gasteiger partial charge in [0.1, 0.15) is 0 Å². The van der Waals surface area contributed by atoms with Crippen LogP contribution in [0, 0.1) is 11.8 Å². The van der Waals surface area contributed by atoms with Crippen LogP contribution in [-0.2, 0) is 9.59 Å². The molecule has 2 aliphatic rings. The Morgan fingerprint density at radius 2 is 1.11 bits per heavy atom. The van der Waals surface area contributed by atoms with Crippen molar-refractivity contribution in [2.24, 2.45) is 11.8 Å². The van der Waals surface area contributed by atoms with Gasteiger partial charge < -0.3 is 10.6 Å². The molecular weight excluding hydrogens is 228 g/mol. The number of rotatable bonds is 9. The highest BCUT2D eigenvalue weighted by atomic mass is 16.2. The average molecular weight is 252 g/mol. The molecule has 0 saturated heterocycles. The van der Waals surface area contributed by atoms with Crippen molar-refractivity contribution in [1.82, 2.24) is 10.6 Å². The van der Waals surface area contributed by atoms with Gasteiger partial charge >= 0.3 is 0 Å². The Bertz CT molecular complexity index is 266. The van der Waals surface area contributed by atoms with Crippen LogP contribution in [0.1, 0.15) is 51.4 Å². The fraction of sp³-hybridized carbons (Fsp3) is 0.857. The summed E-state index contributed by atoms with van der Waals surface area (Å²) < 4.78 is 0. The molecule has 0 unspecified atom stereocenters. The van der Waals surface area contributed by atoms with Crippen LogP contribution in [0.5, 0.6) is 0 Å². The molecule has 0 atom stereocenters. The lowest BCUT2D eigenvalue weighted by Gasteiger charge is -2.05. The van der Waals surface area contributed by atoms with E-state index in [1.807, 2.05) is 0 Å². The van der Waals surface area contributed by atoms with Crippen LogP contribution in [0.15, 0.2) is 0 Å². The average Bonchev–Trinajstić information content (AvgIpc) is 3.21. The molecule has 2 amide bonds. The molecule has 0 radical (unpaired) electrons. The van der Waals surface area contributed by atoms with Crippen LogP contribution in [0.25, 0.3) is 0 Å². The minimum atomic E-state index is 0.242. The van der Waals surface area contributed by atoms with E-state index in [1.54, 1.807) is 0 Å². The molecule has 102 valence electrons. The van der Waals surface area contributed by atoms with Crippen LogP contribution in [-0.4, -0.2) is 24.9 Å². The topological polar surface area (TPSA) is 58.2 Å². The Labute approximate surface area is 109 Å². The van der Waals surface area contributed by atoms with E-state index in [9.17, 15) is 9.59 Å².